The molecule has 0 spiro atoms. The van der Waals surface area contributed by atoms with Crippen LogP contribution in [0, 0.1) is 0 Å². The maximum absolute atomic E-state index is 15.0. The monoisotopic (exact) mass is 1000 g/mol. The third-order valence-electron chi connectivity index (χ3n) is 13.2. The lowest BCUT2D eigenvalue weighted by molar-refractivity contribution is -0.211. The van der Waals surface area contributed by atoms with E-state index in [1.807, 2.05) is 76.3 Å². The van der Waals surface area contributed by atoms with E-state index in [9.17, 15) is 28.8 Å². The van der Waals surface area contributed by atoms with Crippen molar-refractivity contribution in [1.82, 2.24) is 35.7 Å². The first-order valence-corrected chi connectivity index (χ1v) is 26.9. The lowest BCUT2D eigenvalue weighted by Gasteiger charge is -2.45. The van der Waals surface area contributed by atoms with Crippen LogP contribution in [0.1, 0.15) is 83.9 Å². The molecule has 20 heteroatoms. The van der Waals surface area contributed by atoms with Gasteiger partial charge in [0.1, 0.15) is 44.0 Å². The summed E-state index contributed by atoms with van der Waals surface area (Å²) in [6.45, 7) is 14.7. The summed E-state index contributed by atoms with van der Waals surface area (Å²) >= 11 is 0. The van der Waals surface area contributed by atoms with Gasteiger partial charge in [0.2, 0.25) is 11.8 Å². The molecule has 3 aromatic carbocycles. The lowest BCUT2D eigenvalue weighted by atomic mass is 10.0. The third kappa shape index (κ3) is 14.6. The second-order valence-electron chi connectivity index (χ2n) is 19.3. The van der Waals surface area contributed by atoms with Gasteiger partial charge in [-0.3, -0.25) is 24.0 Å². The second-order valence-corrected chi connectivity index (χ2v) is 24.1. The molecule has 71 heavy (non-hydrogen) atoms. The van der Waals surface area contributed by atoms with E-state index in [0.717, 1.165) is 25.5 Å². The Kier molecular flexibility index (Phi) is 19.7. The quantitative estimate of drug-likeness (QED) is 0.0641. The van der Waals surface area contributed by atoms with Crippen LogP contribution in [0.3, 0.4) is 0 Å². The van der Waals surface area contributed by atoms with Crippen LogP contribution in [0.4, 0.5) is 9.59 Å². The number of benzene rings is 3. The Morgan fingerprint density at radius 1 is 0.746 bits per heavy atom. The van der Waals surface area contributed by atoms with Gasteiger partial charge in [-0.1, -0.05) is 112 Å². The number of carbonyl (C=O) groups excluding carboxylic acids is 7. The molecule has 0 aliphatic carbocycles. The number of esters is 1. The van der Waals surface area contributed by atoms with E-state index in [1.54, 1.807) is 55.5 Å². The number of amides is 6. The van der Waals surface area contributed by atoms with Gasteiger partial charge in [-0.15, -0.1) is 0 Å². The molecule has 0 radical (unpaired) electrons. The van der Waals surface area contributed by atoms with Crippen molar-refractivity contribution in [2.75, 3.05) is 27.2 Å². The molecule has 2 aliphatic rings. The number of likely N-dealkylation sites (N-methyl/N-ethyl adjacent to an activating group) is 1. The number of nitrogens with zero attached hydrogens (tertiary/aromatic N) is 5. The second kappa shape index (κ2) is 25.2. The summed E-state index contributed by atoms with van der Waals surface area (Å²) in [4.78, 5) is 106. The fourth-order valence-electron chi connectivity index (χ4n) is 7.85. The summed E-state index contributed by atoms with van der Waals surface area (Å²) in [6, 6.07) is 20.8. The topological polar surface area (TPSA) is 206 Å². The maximum Gasteiger partial charge on any atom is 0.429 e. The molecule has 2 aliphatic heterocycles. The average molecular weight is 1000 g/mol. The molecule has 2 heterocycles. The summed E-state index contributed by atoms with van der Waals surface area (Å²) < 4.78 is 22.8. The molecule has 0 aromatic heterocycles. The molecular formula is C51H71N7O12Si. The molecule has 2 saturated heterocycles. The molecular weight excluding hydrogens is 931 g/mol. The summed E-state index contributed by atoms with van der Waals surface area (Å²) in [5.41, 5.74) is 5.13. The van der Waals surface area contributed by atoms with E-state index in [-0.39, 0.29) is 50.8 Å². The SMILES string of the molecule is COC(=O)[C@H](NC(=O)C1CCCN(C(=O)OCc2ccccc2)N1C(=O)[C@@H](C)N(C)C(=O)[C@H](C)N(OCc1ccccc1)C(=O)[C@H]1CCCN(C(=O)OCc2ccccc2)N1)[C@H](C)O[Si](C)(C)C(C)(C)C. The van der Waals surface area contributed by atoms with E-state index in [4.69, 9.17) is 23.5 Å². The fourth-order valence-corrected chi connectivity index (χ4v) is 9.27. The Morgan fingerprint density at radius 3 is 1.80 bits per heavy atom. The smallest absolute Gasteiger partial charge is 0.429 e. The number of hydrogen-bond acceptors (Lipinski definition) is 13. The lowest BCUT2D eigenvalue weighted by Crippen LogP contribution is -2.67. The number of nitrogens with one attached hydrogen (secondary N) is 2. The van der Waals surface area contributed by atoms with Gasteiger partial charge in [-0.05, 0) is 81.3 Å². The largest absolute Gasteiger partial charge is 0.467 e. The summed E-state index contributed by atoms with van der Waals surface area (Å²) in [5.74, 6) is -3.73. The summed E-state index contributed by atoms with van der Waals surface area (Å²) in [5, 5.41) is 6.74. The highest BCUT2D eigenvalue weighted by atomic mass is 28.4. The highest BCUT2D eigenvalue weighted by Crippen LogP contribution is 2.38. The Morgan fingerprint density at radius 2 is 1.27 bits per heavy atom. The molecule has 6 amide bonds. The van der Waals surface area contributed by atoms with Crippen LogP contribution >= 0.6 is 0 Å². The van der Waals surface area contributed by atoms with Crippen molar-refractivity contribution < 1.29 is 57.0 Å². The molecule has 6 atom stereocenters. The molecule has 3 aromatic rings. The van der Waals surface area contributed by atoms with Crippen LogP contribution < -0.4 is 10.7 Å². The molecule has 5 rings (SSSR count). The predicted octanol–water partition coefficient (Wildman–Crippen LogP) is 6.10. The van der Waals surface area contributed by atoms with E-state index >= 15 is 4.79 Å². The zero-order valence-corrected chi connectivity index (χ0v) is 43.6. The molecule has 2 N–H and O–H groups in total. The Balaban J connectivity index is 1.40. The van der Waals surface area contributed by atoms with Gasteiger partial charge in [0.25, 0.3) is 11.8 Å². The number of carbonyl (C=O) groups is 7. The summed E-state index contributed by atoms with van der Waals surface area (Å²) in [7, 11) is 0.0869. The molecule has 386 valence electrons. The van der Waals surface area contributed by atoms with Crippen molar-refractivity contribution in [3.8, 4) is 0 Å². The van der Waals surface area contributed by atoms with Crippen LogP contribution in [-0.2, 0) is 67.3 Å². The zero-order valence-electron chi connectivity index (χ0n) is 42.6. The van der Waals surface area contributed by atoms with Gasteiger partial charge in [0.15, 0.2) is 14.4 Å². The highest BCUT2D eigenvalue weighted by Gasteiger charge is 2.47. The van der Waals surface area contributed by atoms with Crippen LogP contribution in [0.25, 0.3) is 0 Å². The Hall–Kier alpha value is -6.35. The Labute approximate surface area is 418 Å². The molecule has 19 nitrogen and oxygen atoms in total. The van der Waals surface area contributed by atoms with Crippen LogP contribution in [0.15, 0.2) is 91.0 Å². The third-order valence-corrected chi connectivity index (χ3v) is 17.8. The first-order valence-electron chi connectivity index (χ1n) is 24.0. The molecule has 1 unspecified atom stereocenters. The number of ether oxygens (including phenoxy) is 3. The van der Waals surface area contributed by atoms with Gasteiger partial charge in [-0.2, -0.15) is 0 Å². The highest BCUT2D eigenvalue weighted by molar-refractivity contribution is 6.74. The van der Waals surface area contributed by atoms with Gasteiger partial charge in [0.05, 0.1) is 13.2 Å². The minimum atomic E-state index is -2.48. The standard InChI is InChI=1S/C51H71N7O12Si/c1-35(54(7)45(60)36(2)58(69-34-40-26-18-13-19-27-40)47(62)41-28-20-30-55(53-41)49(64)67-32-38-22-14-11-15-23-38)46(61)57-42(29-21-31-56(57)50(65)68-33-39-24-16-12-17-25-39)44(59)52-43(48(63)66-8)37(3)70-71(9,10)51(4,5)6/h11-19,22-27,35-37,41-43,53H,20-21,28-34H2,1-10H3,(H,52,59)/t35-,36+,37+,41-,42?,43-/m1/s1. The molecule has 0 bridgehead atoms. The van der Waals surface area contributed by atoms with E-state index in [2.05, 4.69) is 10.7 Å². The van der Waals surface area contributed by atoms with Gasteiger partial charge < -0.3 is 28.9 Å². The number of hydroxylamine groups is 2. The minimum Gasteiger partial charge on any atom is -0.467 e. The van der Waals surface area contributed by atoms with E-state index in [0.29, 0.717) is 24.0 Å². The summed E-state index contributed by atoms with van der Waals surface area (Å²) in [6.07, 6.45) is -1.37. The van der Waals surface area contributed by atoms with E-state index in [1.165, 1.54) is 33.0 Å². The van der Waals surface area contributed by atoms with Crippen molar-refractivity contribution in [3.05, 3.63) is 108 Å². The number of rotatable bonds is 18. The van der Waals surface area contributed by atoms with Crippen LogP contribution in [-0.4, -0.2) is 139 Å². The van der Waals surface area contributed by atoms with Crippen molar-refractivity contribution in [1.29, 1.82) is 0 Å². The van der Waals surface area contributed by atoms with Crippen molar-refractivity contribution in [2.24, 2.45) is 0 Å². The Bertz CT molecular complexity index is 2290. The molecule has 0 saturated carbocycles. The van der Waals surface area contributed by atoms with Crippen LogP contribution in [0.5, 0.6) is 0 Å². The van der Waals surface area contributed by atoms with Crippen molar-refractivity contribution in [3.63, 3.8) is 0 Å². The number of hydrogen-bond donors (Lipinski definition) is 2. The predicted molar refractivity (Wildman–Crippen MR) is 264 cm³/mol. The van der Waals surface area contributed by atoms with Crippen LogP contribution in [0.2, 0.25) is 18.1 Å². The maximum atomic E-state index is 15.0. The van der Waals surface area contributed by atoms with Gasteiger partial charge in [0, 0.05) is 20.1 Å². The minimum absolute atomic E-state index is 0.0178. The number of methoxy groups -OCH3 is 1. The fraction of sp³-hybridized carbons (Fsp3) is 0.510. The average Bonchev–Trinajstić information content (AvgIpc) is 3.37. The normalized spacial score (nSPS) is 18.0. The first-order chi connectivity index (χ1) is 33.6. The van der Waals surface area contributed by atoms with Gasteiger partial charge >= 0.3 is 18.2 Å². The molecule has 2 fully saturated rings. The van der Waals surface area contributed by atoms with Crippen molar-refractivity contribution >= 4 is 50.1 Å². The zero-order chi connectivity index (χ0) is 52.0. The number of hydrazine groups is 2. The first kappa shape index (κ1) is 55.6. The van der Waals surface area contributed by atoms with E-state index < -0.39 is 86.4 Å². The van der Waals surface area contributed by atoms with Gasteiger partial charge in [-0.25, -0.2) is 39.9 Å². The van der Waals surface area contributed by atoms with Crippen molar-refractivity contribution in [2.45, 2.75) is 141 Å².